The first kappa shape index (κ1) is 14.3. The van der Waals surface area contributed by atoms with Crippen molar-refractivity contribution in [2.75, 3.05) is 26.7 Å². The number of nitrogens with zero attached hydrogens (tertiary/aromatic N) is 1. The fourth-order valence-corrected chi connectivity index (χ4v) is 3.65. The van der Waals surface area contributed by atoms with E-state index >= 15 is 0 Å². The van der Waals surface area contributed by atoms with Crippen LogP contribution in [0.1, 0.15) is 58.3 Å². The molecule has 0 aromatic carbocycles. The van der Waals surface area contributed by atoms with Crippen LogP contribution < -0.4 is 5.32 Å². The number of hydrogen-bond donors (Lipinski definition) is 1. The van der Waals surface area contributed by atoms with Gasteiger partial charge in [0.15, 0.2) is 0 Å². The van der Waals surface area contributed by atoms with Gasteiger partial charge in [0.2, 0.25) is 0 Å². The Morgan fingerprint density at radius 1 is 1.00 bits per heavy atom. The second-order valence-electron chi connectivity index (χ2n) is 6.82. The minimum absolute atomic E-state index is 0.807. The maximum Gasteiger partial charge on any atom is 0.0104 e. The van der Waals surface area contributed by atoms with Crippen molar-refractivity contribution in [2.45, 2.75) is 64.3 Å². The SMILES string of the molecule is CC1CCC(NCCN(C)CC2CCCC2)CC1. The Kier molecular flexibility index (Phi) is 5.97. The molecular formula is C16H32N2. The minimum Gasteiger partial charge on any atom is -0.313 e. The van der Waals surface area contributed by atoms with Crippen molar-refractivity contribution in [2.24, 2.45) is 11.8 Å². The molecule has 0 saturated heterocycles. The van der Waals surface area contributed by atoms with E-state index in [-0.39, 0.29) is 0 Å². The highest BCUT2D eigenvalue weighted by Crippen LogP contribution is 2.25. The highest BCUT2D eigenvalue weighted by molar-refractivity contribution is 4.76. The summed E-state index contributed by atoms with van der Waals surface area (Å²) >= 11 is 0. The van der Waals surface area contributed by atoms with E-state index in [1.165, 1.54) is 71.0 Å². The van der Waals surface area contributed by atoms with Gasteiger partial charge < -0.3 is 10.2 Å². The molecular weight excluding hydrogens is 220 g/mol. The van der Waals surface area contributed by atoms with Crippen LogP contribution in [0.5, 0.6) is 0 Å². The number of hydrogen-bond acceptors (Lipinski definition) is 2. The normalized spacial score (nSPS) is 30.2. The minimum atomic E-state index is 0.807. The van der Waals surface area contributed by atoms with Gasteiger partial charge in [0.1, 0.15) is 0 Å². The van der Waals surface area contributed by atoms with Crippen molar-refractivity contribution < 1.29 is 0 Å². The molecule has 2 saturated carbocycles. The molecule has 2 fully saturated rings. The molecule has 2 rings (SSSR count). The van der Waals surface area contributed by atoms with Crippen molar-refractivity contribution in [3.63, 3.8) is 0 Å². The molecule has 2 aliphatic rings. The Bertz CT molecular complexity index is 215. The first-order chi connectivity index (χ1) is 8.74. The molecule has 0 heterocycles. The molecule has 2 aliphatic carbocycles. The van der Waals surface area contributed by atoms with Crippen LogP contribution >= 0.6 is 0 Å². The molecule has 0 spiro atoms. The zero-order valence-electron chi connectivity index (χ0n) is 12.5. The molecule has 2 nitrogen and oxygen atoms in total. The summed E-state index contributed by atoms with van der Waals surface area (Å²) in [5.74, 6) is 1.96. The van der Waals surface area contributed by atoms with Crippen LogP contribution in [-0.2, 0) is 0 Å². The number of rotatable bonds is 6. The highest BCUT2D eigenvalue weighted by atomic mass is 15.1. The first-order valence-electron chi connectivity index (χ1n) is 8.16. The first-order valence-corrected chi connectivity index (χ1v) is 8.16. The Morgan fingerprint density at radius 3 is 2.33 bits per heavy atom. The van der Waals surface area contributed by atoms with E-state index in [1.54, 1.807) is 0 Å². The molecule has 0 amide bonds. The van der Waals surface area contributed by atoms with Gasteiger partial charge in [-0.05, 0) is 57.4 Å². The summed E-state index contributed by atoms with van der Waals surface area (Å²) in [6.07, 6.45) is 11.5. The van der Waals surface area contributed by atoms with Crippen LogP contribution in [0.25, 0.3) is 0 Å². The molecule has 0 radical (unpaired) electrons. The summed E-state index contributed by atoms with van der Waals surface area (Å²) in [5, 5.41) is 3.76. The van der Waals surface area contributed by atoms with Crippen LogP contribution in [-0.4, -0.2) is 37.6 Å². The van der Waals surface area contributed by atoms with E-state index in [1.807, 2.05) is 0 Å². The molecule has 0 unspecified atom stereocenters. The molecule has 2 heteroatoms. The van der Waals surface area contributed by atoms with Crippen LogP contribution in [0.2, 0.25) is 0 Å². The number of likely N-dealkylation sites (N-methyl/N-ethyl adjacent to an activating group) is 1. The summed E-state index contributed by atoms with van der Waals surface area (Å²) in [4.78, 5) is 2.54. The van der Waals surface area contributed by atoms with Crippen LogP contribution in [0.4, 0.5) is 0 Å². The third-order valence-electron chi connectivity index (χ3n) is 4.99. The van der Waals surface area contributed by atoms with E-state index in [2.05, 4.69) is 24.2 Å². The summed E-state index contributed by atoms with van der Waals surface area (Å²) in [7, 11) is 2.29. The summed E-state index contributed by atoms with van der Waals surface area (Å²) < 4.78 is 0. The zero-order chi connectivity index (χ0) is 12.8. The fraction of sp³-hybridized carbons (Fsp3) is 1.00. The molecule has 0 bridgehead atoms. The molecule has 1 N–H and O–H groups in total. The Labute approximate surface area is 114 Å². The third-order valence-corrected chi connectivity index (χ3v) is 4.99. The summed E-state index contributed by atoms with van der Waals surface area (Å²) in [6.45, 7) is 6.12. The van der Waals surface area contributed by atoms with Crippen LogP contribution in [0.15, 0.2) is 0 Å². The van der Waals surface area contributed by atoms with Gasteiger partial charge in [-0.25, -0.2) is 0 Å². The van der Waals surface area contributed by atoms with E-state index in [4.69, 9.17) is 0 Å². The lowest BCUT2D eigenvalue weighted by Crippen LogP contribution is -2.38. The van der Waals surface area contributed by atoms with Crippen molar-refractivity contribution in [3.05, 3.63) is 0 Å². The lowest BCUT2D eigenvalue weighted by atomic mass is 9.87. The van der Waals surface area contributed by atoms with Crippen molar-refractivity contribution in [1.82, 2.24) is 10.2 Å². The second kappa shape index (κ2) is 7.49. The Hall–Kier alpha value is -0.0800. The Morgan fingerprint density at radius 2 is 1.67 bits per heavy atom. The van der Waals surface area contributed by atoms with Gasteiger partial charge in [-0.3, -0.25) is 0 Å². The molecule has 0 atom stereocenters. The Balaban J connectivity index is 1.51. The molecule has 0 aromatic heterocycles. The lowest BCUT2D eigenvalue weighted by molar-refractivity contribution is 0.257. The number of nitrogens with one attached hydrogen (secondary N) is 1. The van der Waals surface area contributed by atoms with E-state index in [0.29, 0.717) is 0 Å². The van der Waals surface area contributed by atoms with Gasteiger partial charge in [-0.1, -0.05) is 19.8 Å². The van der Waals surface area contributed by atoms with E-state index in [9.17, 15) is 0 Å². The van der Waals surface area contributed by atoms with Gasteiger partial charge in [0.05, 0.1) is 0 Å². The molecule has 0 aromatic rings. The zero-order valence-corrected chi connectivity index (χ0v) is 12.5. The average molecular weight is 252 g/mol. The maximum absolute atomic E-state index is 3.76. The maximum atomic E-state index is 3.76. The predicted molar refractivity (Wildman–Crippen MR) is 78.9 cm³/mol. The van der Waals surface area contributed by atoms with Crippen LogP contribution in [0.3, 0.4) is 0 Å². The third kappa shape index (κ3) is 4.89. The fourth-order valence-electron chi connectivity index (χ4n) is 3.65. The molecule has 18 heavy (non-hydrogen) atoms. The van der Waals surface area contributed by atoms with Gasteiger partial charge >= 0.3 is 0 Å². The standard InChI is InChI=1S/C16H32N2/c1-14-7-9-16(10-8-14)17-11-12-18(2)13-15-5-3-4-6-15/h14-17H,3-13H2,1-2H3. The highest BCUT2D eigenvalue weighted by Gasteiger charge is 2.18. The van der Waals surface area contributed by atoms with E-state index < -0.39 is 0 Å². The van der Waals surface area contributed by atoms with Crippen molar-refractivity contribution >= 4 is 0 Å². The lowest BCUT2D eigenvalue weighted by Gasteiger charge is -2.28. The second-order valence-corrected chi connectivity index (χ2v) is 6.82. The van der Waals surface area contributed by atoms with Gasteiger partial charge in [-0.2, -0.15) is 0 Å². The smallest absolute Gasteiger partial charge is 0.0104 e. The predicted octanol–water partition coefficient (Wildman–Crippen LogP) is 3.28. The largest absolute Gasteiger partial charge is 0.313 e. The van der Waals surface area contributed by atoms with E-state index in [0.717, 1.165) is 17.9 Å². The van der Waals surface area contributed by atoms with Gasteiger partial charge in [0.25, 0.3) is 0 Å². The quantitative estimate of drug-likeness (QED) is 0.780. The van der Waals surface area contributed by atoms with Crippen LogP contribution in [0, 0.1) is 11.8 Å². The monoisotopic (exact) mass is 252 g/mol. The summed E-state index contributed by atoms with van der Waals surface area (Å²) in [6, 6.07) is 0.807. The topological polar surface area (TPSA) is 15.3 Å². The van der Waals surface area contributed by atoms with Gasteiger partial charge in [-0.15, -0.1) is 0 Å². The average Bonchev–Trinajstić information content (AvgIpc) is 2.84. The molecule has 0 aliphatic heterocycles. The summed E-state index contributed by atoms with van der Waals surface area (Å²) in [5.41, 5.74) is 0. The van der Waals surface area contributed by atoms with Gasteiger partial charge in [0, 0.05) is 25.7 Å². The van der Waals surface area contributed by atoms with Crippen molar-refractivity contribution in [1.29, 1.82) is 0 Å². The van der Waals surface area contributed by atoms with Crippen molar-refractivity contribution in [3.8, 4) is 0 Å². The molecule has 106 valence electrons.